The maximum absolute atomic E-state index is 11.1. The topological polar surface area (TPSA) is 43.4 Å². The zero-order valence-corrected chi connectivity index (χ0v) is 6.59. The molecule has 0 spiro atoms. The number of Topliss-reactive ketones (excluding diaryl/α,β-unsaturated/α-hetero) is 1. The lowest BCUT2D eigenvalue weighted by Crippen LogP contribution is -2.26. The van der Waals surface area contributed by atoms with Gasteiger partial charge in [0.15, 0.2) is 0 Å². The van der Waals surface area contributed by atoms with Gasteiger partial charge in [-0.25, -0.2) is 4.79 Å². The van der Waals surface area contributed by atoms with Gasteiger partial charge in [-0.2, -0.15) is 0 Å². The van der Waals surface area contributed by atoms with Crippen LogP contribution >= 0.6 is 0 Å². The average Bonchev–Trinajstić information content (AvgIpc) is 2.46. The Morgan fingerprint density at radius 3 is 2.64 bits per heavy atom. The molecule has 2 fully saturated rings. The Bertz CT molecular complexity index is 242. The van der Waals surface area contributed by atoms with Crippen molar-refractivity contribution in [3.8, 4) is 0 Å². The smallest absolute Gasteiger partial charge is 0.374 e. The molecule has 3 heteroatoms. The Kier molecular flexibility index (Phi) is 1.03. The summed E-state index contributed by atoms with van der Waals surface area (Å²) in [4.78, 5) is 21.9. The number of cyclic esters (lactones) is 1. The van der Waals surface area contributed by atoms with Gasteiger partial charge in [0, 0.05) is 11.8 Å². The summed E-state index contributed by atoms with van der Waals surface area (Å²) in [5.74, 6) is -0.737. The van der Waals surface area contributed by atoms with E-state index >= 15 is 0 Å². The van der Waals surface area contributed by atoms with Crippen molar-refractivity contribution in [2.75, 3.05) is 6.61 Å². The van der Waals surface area contributed by atoms with Crippen LogP contribution in [0.25, 0.3) is 0 Å². The third kappa shape index (κ3) is 0.682. The van der Waals surface area contributed by atoms with Crippen LogP contribution in [0, 0.1) is 17.3 Å². The Morgan fingerprint density at radius 1 is 1.45 bits per heavy atom. The van der Waals surface area contributed by atoms with Crippen LogP contribution in [0.2, 0.25) is 0 Å². The van der Waals surface area contributed by atoms with Crippen LogP contribution in [0.1, 0.15) is 13.8 Å². The number of ketones is 1. The molecule has 0 N–H and O–H groups in total. The molecule has 2 aliphatic rings. The van der Waals surface area contributed by atoms with Gasteiger partial charge in [0.05, 0.1) is 6.61 Å². The lowest BCUT2D eigenvalue weighted by atomic mass is 10.1. The van der Waals surface area contributed by atoms with Gasteiger partial charge in [0.25, 0.3) is 0 Å². The summed E-state index contributed by atoms with van der Waals surface area (Å²) >= 11 is 0. The molecule has 0 aromatic carbocycles. The van der Waals surface area contributed by atoms with Crippen LogP contribution in [0.15, 0.2) is 0 Å². The van der Waals surface area contributed by atoms with Crippen molar-refractivity contribution in [1.29, 1.82) is 0 Å². The molecule has 0 unspecified atom stereocenters. The lowest BCUT2D eigenvalue weighted by molar-refractivity contribution is -0.157. The van der Waals surface area contributed by atoms with Crippen LogP contribution in [0.5, 0.6) is 0 Å². The monoisotopic (exact) mass is 154 g/mol. The third-order valence-electron chi connectivity index (χ3n) is 2.93. The molecule has 0 aromatic rings. The van der Waals surface area contributed by atoms with Gasteiger partial charge < -0.3 is 4.74 Å². The molecule has 3 nitrogen and oxygen atoms in total. The summed E-state index contributed by atoms with van der Waals surface area (Å²) in [5.41, 5.74) is 0.00322. The van der Waals surface area contributed by atoms with Crippen molar-refractivity contribution in [3.63, 3.8) is 0 Å². The van der Waals surface area contributed by atoms with E-state index < -0.39 is 5.97 Å². The van der Waals surface area contributed by atoms with Crippen molar-refractivity contribution in [3.05, 3.63) is 0 Å². The fourth-order valence-corrected chi connectivity index (χ4v) is 1.94. The second-order valence-corrected chi connectivity index (χ2v) is 3.87. The largest absolute Gasteiger partial charge is 0.460 e. The molecule has 1 heterocycles. The Hall–Kier alpha value is -0.860. The highest BCUT2D eigenvalue weighted by Gasteiger charge is 2.65. The molecule has 2 atom stereocenters. The van der Waals surface area contributed by atoms with Crippen LogP contribution in [0.4, 0.5) is 0 Å². The highest BCUT2D eigenvalue weighted by Crippen LogP contribution is 2.60. The molecule has 1 aliphatic carbocycles. The van der Waals surface area contributed by atoms with Gasteiger partial charge in [0.1, 0.15) is 0 Å². The molecule has 11 heavy (non-hydrogen) atoms. The first-order chi connectivity index (χ1) is 5.05. The number of rotatable bonds is 0. The summed E-state index contributed by atoms with van der Waals surface area (Å²) in [6.45, 7) is 4.44. The summed E-state index contributed by atoms with van der Waals surface area (Å²) in [6.07, 6.45) is 0. The number of esters is 1. The van der Waals surface area contributed by atoms with Gasteiger partial charge in [-0.15, -0.1) is 0 Å². The van der Waals surface area contributed by atoms with Crippen molar-refractivity contribution in [1.82, 2.24) is 0 Å². The van der Waals surface area contributed by atoms with E-state index in [9.17, 15) is 9.59 Å². The van der Waals surface area contributed by atoms with Gasteiger partial charge in [-0.1, -0.05) is 13.8 Å². The van der Waals surface area contributed by atoms with Crippen molar-refractivity contribution in [2.24, 2.45) is 17.3 Å². The normalized spacial score (nSPS) is 39.5. The van der Waals surface area contributed by atoms with Gasteiger partial charge >= 0.3 is 5.97 Å². The van der Waals surface area contributed by atoms with Crippen LogP contribution in [-0.4, -0.2) is 18.4 Å². The first-order valence-electron chi connectivity index (χ1n) is 3.76. The standard InChI is InChI=1S/C8H10O3/c1-8(2)4-3-11-7(10)6(9)5(4)8/h4-5H,3H2,1-2H3/t4-,5-/m0/s1. The maximum atomic E-state index is 11.1. The molecule has 1 saturated heterocycles. The second kappa shape index (κ2) is 1.65. The fourth-order valence-electron chi connectivity index (χ4n) is 1.94. The van der Waals surface area contributed by atoms with E-state index in [0.29, 0.717) is 6.61 Å². The van der Waals surface area contributed by atoms with E-state index in [-0.39, 0.29) is 23.0 Å². The molecule has 0 radical (unpaired) electrons. The predicted octanol–water partition coefficient (Wildman–Crippen LogP) is 0.384. The first kappa shape index (κ1) is 6.83. The zero-order valence-electron chi connectivity index (χ0n) is 6.59. The number of ether oxygens (including phenoxy) is 1. The summed E-state index contributed by atoms with van der Waals surface area (Å²) < 4.78 is 4.69. The number of carbonyl (C=O) groups is 2. The molecule has 1 aliphatic heterocycles. The van der Waals surface area contributed by atoms with E-state index in [1.165, 1.54) is 0 Å². The third-order valence-corrected chi connectivity index (χ3v) is 2.93. The van der Waals surface area contributed by atoms with Gasteiger partial charge in [-0.05, 0) is 5.41 Å². The van der Waals surface area contributed by atoms with Crippen molar-refractivity contribution in [2.45, 2.75) is 13.8 Å². The highest BCUT2D eigenvalue weighted by molar-refractivity contribution is 6.36. The number of carbonyl (C=O) groups excluding carboxylic acids is 2. The lowest BCUT2D eigenvalue weighted by Gasteiger charge is -2.06. The summed E-state index contributed by atoms with van der Waals surface area (Å²) in [5, 5.41) is 0. The molecular weight excluding hydrogens is 144 g/mol. The van der Waals surface area contributed by atoms with Gasteiger partial charge in [0.2, 0.25) is 5.78 Å². The maximum Gasteiger partial charge on any atom is 0.374 e. The zero-order chi connectivity index (χ0) is 8.22. The second-order valence-electron chi connectivity index (χ2n) is 3.87. The minimum atomic E-state index is -0.642. The van der Waals surface area contributed by atoms with Gasteiger partial charge in [-0.3, -0.25) is 4.79 Å². The molecule has 0 aromatic heterocycles. The Morgan fingerprint density at radius 2 is 2.09 bits per heavy atom. The van der Waals surface area contributed by atoms with Crippen molar-refractivity contribution >= 4 is 11.8 Å². The number of fused-ring (bicyclic) bond motifs is 1. The first-order valence-corrected chi connectivity index (χ1v) is 3.76. The molecule has 0 bridgehead atoms. The SMILES string of the molecule is CC1(C)[C@@H]2C(=O)C(=O)OC[C@@H]21. The molecular formula is C8H10O3. The minimum absolute atomic E-state index is 0.00322. The quantitative estimate of drug-likeness (QED) is 0.374. The molecule has 0 amide bonds. The molecule has 60 valence electrons. The average molecular weight is 154 g/mol. The van der Waals surface area contributed by atoms with Crippen molar-refractivity contribution < 1.29 is 14.3 Å². The van der Waals surface area contributed by atoms with Crippen LogP contribution in [-0.2, 0) is 14.3 Å². The molecule has 1 saturated carbocycles. The highest BCUT2D eigenvalue weighted by atomic mass is 16.5. The fraction of sp³-hybridized carbons (Fsp3) is 0.750. The van der Waals surface area contributed by atoms with E-state index in [4.69, 9.17) is 4.74 Å². The predicted molar refractivity (Wildman–Crippen MR) is 36.7 cm³/mol. The van der Waals surface area contributed by atoms with Crippen LogP contribution < -0.4 is 0 Å². The number of hydrogen-bond donors (Lipinski definition) is 0. The van der Waals surface area contributed by atoms with E-state index in [2.05, 4.69) is 0 Å². The summed E-state index contributed by atoms with van der Waals surface area (Å²) in [6, 6.07) is 0. The Labute approximate surface area is 64.7 Å². The van der Waals surface area contributed by atoms with E-state index in [1.807, 2.05) is 13.8 Å². The number of hydrogen-bond acceptors (Lipinski definition) is 3. The minimum Gasteiger partial charge on any atom is -0.460 e. The molecule has 2 rings (SSSR count). The summed E-state index contributed by atoms with van der Waals surface area (Å²) in [7, 11) is 0. The van der Waals surface area contributed by atoms with E-state index in [0.717, 1.165) is 0 Å². The Balaban J connectivity index is 2.25. The van der Waals surface area contributed by atoms with Crippen LogP contribution in [0.3, 0.4) is 0 Å². The van der Waals surface area contributed by atoms with E-state index in [1.54, 1.807) is 0 Å².